The van der Waals surface area contributed by atoms with Crippen LogP contribution < -0.4 is 15.5 Å². The van der Waals surface area contributed by atoms with Gasteiger partial charge in [-0.2, -0.15) is 0 Å². The van der Waals surface area contributed by atoms with Gasteiger partial charge in [-0.3, -0.25) is 9.69 Å². The number of fused-ring (bicyclic) bond motifs is 1. The van der Waals surface area contributed by atoms with E-state index in [0.29, 0.717) is 22.1 Å². The molecular formula is C18H15Cl2N3O4. The molecule has 2 N–H and O–H groups in total. The van der Waals surface area contributed by atoms with Crippen molar-refractivity contribution in [2.45, 2.75) is 13.0 Å². The second-order valence-corrected chi connectivity index (χ2v) is 6.40. The van der Waals surface area contributed by atoms with Crippen molar-refractivity contribution in [3.63, 3.8) is 0 Å². The molecule has 0 aliphatic carbocycles. The van der Waals surface area contributed by atoms with Gasteiger partial charge in [0.05, 0.1) is 28.0 Å². The Morgan fingerprint density at radius 1 is 1.19 bits per heavy atom. The number of anilines is 3. The van der Waals surface area contributed by atoms with Crippen LogP contribution in [0, 0.1) is 0 Å². The molecule has 9 heteroatoms. The minimum Gasteiger partial charge on any atom is -0.464 e. The number of para-hydroxylation sites is 2. The number of carbonyl (C=O) groups is 3. The number of nitrogens with one attached hydrogen (secondary N) is 2. The summed E-state index contributed by atoms with van der Waals surface area (Å²) < 4.78 is 4.97. The third-order valence-electron chi connectivity index (χ3n) is 3.83. The smallest absolute Gasteiger partial charge is 0.339 e. The van der Waals surface area contributed by atoms with E-state index >= 15 is 0 Å². The summed E-state index contributed by atoms with van der Waals surface area (Å²) >= 11 is 11.9. The van der Waals surface area contributed by atoms with Crippen LogP contribution in [0.4, 0.5) is 21.9 Å². The minimum absolute atomic E-state index is 0.0759. The number of urea groups is 1. The van der Waals surface area contributed by atoms with Crippen molar-refractivity contribution < 1.29 is 19.1 Å². The van der Waals surface area contributed by atoms with E-state index in [4.69, 9.17) is 27.9 Å². The Balaban J connectivity index is 1.98. The van der Waals surface area contributed by atoms with Gasteiger partial charge in [-0.25, -0.2) is 9.59 Å². The zero-order valence-corrected chi connectivity index (χ0v) is 15.7. The highest BCUT2D eigenvalue weighted by Gasteiger charge is 2.42. The maximum Gasteiger partial charge on any atom is 0.339 e. The summed E-state index contributed by atoms with van der Waals surface area (Å²) in [6, 6.07) is 9.06. The zero-order valence-electron chi connectivity index (χ0n) is 14.2. The third kappa shape index (κ3) is 3.84. The van der Waals surface area contributed by atoms with Gasteiger partial charge >= 0.3 is 12.0 Å². The molecule has 0 saturated carbocycles. The normalized spacial score (nSPS) is 15.6. The predicted molar refractivity (Wildman–Crippen MR) is 103 cm³/mol. The van der Waals surface area contributed by atoms with E-state index in [1.54, 1.807) is 37.3 Å². The van der Waals surface area contributed by atoms with Crippen LogP contribution in [0.5, 0.6) is 0 Å². The molecule has 0 fully saturated rings. The van der Waals surface area contributed by atoms with E-state index in [1.165, 1.54) is 12.1 Å². The number of amides is 3. The number of esters is 1. The molecule has 1 aliphatic rings. The lowest BCUT2D eigenvalue weighted by Gasteiger charge is -2.34. The molecule has 2 aromatic rings. The highest BCUT2D eigenvalue weighted by molar-refractivity contribution is 6.42. The number of hydrogen-bond acceptors (Lipinski definition) is 4. The Kier molecular flexibility index (Phi) is 5.53. The average molecular weight is 408 g/mol. The molecule has 3 rings (SSSR count). The first-order valence-electron chi connectivity index (χ1n) is 8.04. The van der Waals surface area contributed by atoms with Gasteiger partial charge in [-0.15, -0.1) is 0 Å². The van der Waals surface area contributed by atoms with Crippen LogP contribution >= 0.6 is 23.2 Å². The number of benzene rings is 2. The molecule has 0 radical (unpaired) electrons. The lowest BCUT2D eigenvalue weighted by molar-refractivity contribution is -0.147. The van der Waals surface area contributed by atoms with Gasteiger partial charge in [0, 0.05) is 5.69 Å². The highest BCUT2D eigenvalue weighted by Crippen LogP contribution is 2.33. The average Bonchev–Trinajstić information content (AvgIpc) is 2.63. The third-order valence-corrected chi connectivity index (χ3v) is 4.57. The number of ether oxygens (including phenoxy) is 1. The Morgan fingerprint density at radius 2 is 1.93 bits per heavy atom. The molecule has 0 unspecified atom stereocenters. The largest absolute Gasteiger partial charge is 0.464 e. The molecule has 7 nitrogen and oxygen atoms in total. The molecule has 3 amide bonds. The molecule has 0 aromatic heterocycles. The highest BCUT2D eigenvalue weighted by atomic mass is 35.5. The fraction of sp³-hybridized carbons (Fsp3) is 0.167. The van der Waals surface area contributed by atoms with Crippen molar-refractivity contribution in [1.82, 2.24) is 0 Å². The molecular weight excluding hydrogens is 393 g/mol. The SMILES string of the molecule is CCOC(=O)[C@@H]1C(=O)Nc2ccccc2N1C(=O)Nc1ccc(Cl)c(Cl)c1. The van der Waals surface area contributed by atoms with Crippen molar-refractivity contribution in [3.8, 4) is 0 Å². The van der Waals surface area contributed by atoms with Crippen molar-refractivity contribution in [1.29, 1.82) is 0 Å². The van der Waals surface area contributed by atoms with Crippen molar-refractivity contribution >= 4 is 58.2 Å². The maximum absolute atomic E-state index is 12.9. The number of carbonyl (C=O) groups excluding carboxylic acids is 3. The summed E-state index contributed by atoms with van der Waals surface area (Å²) in [5.41, 5.74) is 1.14. The van der Waals surface area contributed by atoms with Crippen molar-refractivity contribution in [3.05, 3.63) is 52.5 Å². The number of nitrogens with zero attached hydrogens (tertiary/aromatic N) is 1. The number of halogens is 2. The fourth-order valence-corrected chi connectivity index (χ4v) is 2.96. The Labute approximate surface area is 165 Å². The summed E-state index contributed by atoms with van der Waals surface area (Å²) in [5, 5.41) is 5.83. The lowest BCUT2D eigenvalue weighted by atomic mass is 10.1. The maximum atomic E-state index is 12.9. The van der Waals surface area contributed by atoms with E-state index in [-0.39, 0.29) is 11.6 Å². The Bertz CT molecular complexity index is 919. The number of hydrogen-bond donors (Lipinski definition) is 2. The summed E-state index contributed by atoms with van der Waals surface area (Å²) in [6.45, 7) is 1.69. The zero-order chi connectivity index (χ0) is 19.6. The predicted octanol–water partition coefficient (Wildman–Crippen LogP) is 3.92. The van der Waals surface area contributed by atoms with Crippen LogP contribution in [-0.2, 0) is 14.3 Å². The van der Waals surface area contributed by atoms with Gasteiger partial charge in [0.25, 0.3) is 5.91 Å². The van der Waals surface area contributed by atoms with Crippen LogP contribution in [0.2, 0.25) is 10.0 Å². The Hall–Kier alpha value is -2.77. The molecule has 0 bridgehead atoms. The Morgan fingerprint density at radius 3 is 2.63 bits per heavy atom. The van der Waals surface area contributed by atoms with Crippen molar-refractivity contribution in [2.24, 2.45) is 0 Å². The quantitative estimate of drug-likeness (QED) is 0.596. The van der Waals surface area contributed by atoms with E-state index in [2.05, 4.69) is 10.6 Å². The van der Waals surface area contributed by atoms with Crippen LogP contribution in [-0.4, -0.2) is 30.6 Å². The first-order chi connectivity index (χ1) is 12.9. The van der Waals surface area contributed by atoms with E-state index < -0.39 is 23.9 Å². The van der Waals surface area contributed by atoms with Crippen LogP contribution in [0.25, 0.3) is 0 Å². The van der Waals surface area contributed by atoms with E-state index in [9.17, 15) is 14.4 Å². The molecule has 0 spiro atoms. The molecule has 0 saturated heterocycles. The lowest BCUT2D eigenvalue weighted by Crippen LogP contribution is -2.56. The molecule has 140 valence electrons. The summed E-state index contributed by atoms with van der Waals surface area (Å²) in [6.07, 6.45) is 0. The van der Waals surface area contributed by atoms with Crippen LogP contribution in [0.15, 0.2) is 42.5 Å². The van der Waals surface area contributed by atoms with Gasteiger partial charge in [0.1, 0.15) is 0 Å². The monoisotopic (exact) mass is 407 g/mol. The first-order valence-corrected chi connectivity index (χ1v) is 8.79. The molecule has 1 aliphatic heterocycles. The van der Waals surface area contributed by atoms with Crippen molar-refractivity contribution in [2.75, 3.05) is 22.1 Å². The molecule has 1 heterocycles. The standard InChI is InChI=1S/C18H15Cl2N3O4/c1-2-27-17(25)15-16(24)22-13-5-3-4-6-14(13)23(15)18(26)21-10-7-8-11(19)12(20)9-10/h3-9,15H,2H2,1H3,(H,21,26)(H,22,24)/t15-/m0/s1. The molecule has 2 aromatic carbocycles. The minimum atomic E-state index is -1.46. The van der Waals surface area contributed by atoms with E-state index in [1.807, 2.05) is 0 Å². The van der Waals surface area contributed by atoms with Gasteiger partial charge in [0.2, 0.25) is 6.04 Å². The summed E-state index contributed by atoms with van der Waals surface area (Å²) in [5.74, 6) is -1.48. The fourth-order valence-electron chi connectivity index (χ4n) is 2.66. The second-order valence-electron chi connectivity index (χ2n) is 5.59. The van der Waals surface area contributed by atoms with Gasteiger partial charge < -0.3 is 15.4 Å². The number of rotatable bonds is 3. The van der Waals surface area contributed by atoms with Gasteiger partial charge in [-0.05, 0) is 37.3 Å². The first kappa shape index (κ1) is 19.0. The van der Waals surface area contributed by atoms with Crippen LogP contribution in [0.1, 0.15) is 6.92 Å². The van der Waals surface area contributed by atoms with Gasteiger partial charge in [-0.1, -0.05) is 35.3 Å². The second kappa shape index (κ2) is 7.85. The molecule has 27 heavy (non-hydrogen) atoms. The van der Waals surface area contributed by atoms with E-state index in [0.717, 1.165) is 4.90 Å². The summed E-state index contributed by atoms with van der Waals surface area (Å²) in [7, 11) is 0. The molecule has 1 atom stereocenters. The van der Waals surface area contributed by atoms with Gasteiger partial charge in [0.15, 0.2) is 0 Å². The summed E-state index contributed by atoms with van der Waals surface area (Å²) in [4.78, 5) is 38.8. The topological polar surface area (TPSA) is 87.7 Å². The van der Waals surface area contributed by atoms with Crippen LogP contribution in [0.3, 0.4) is 0 Å².